The van der Waals surface area contributed by atoms with Crippen molar-refractivity contribution in [3.8, 4) is 5.75 Å². The van der Waals surface area contributed by atoms with E-state index in [1.54, 1.807) is 24.3 Å². The van der Waals surface area contributed by atoms with Gasteiger partial charge < -0.3 is 4.74 Å². The zero-order valence-electron chi connectivity index (χ0n) is 18.2. The van der Waals surface area contributed by atoms with Crippen molar-refractivity contribution in [2.24, 2.45) is 40.6 Å². The molecule has 35 heavy (non-hydrogen) atoms. The molecule has 1 aliphatic heterocycles. The Morgan fingerprint density at radius 1 is 1.03 bits per heavy atom. The van der Waals surface area contributed by atoms with Gasteiger partial charge in [-0.15, -0.1) is 0 Å². The number of allylic oxidation sites excluding steroid dienone is 2. The average molecular weight is 601 g/mol. The van der Waals surface area contributed by atoms with Gasteiger partial charge in [-0.05, 0) is 97.3 Å². The largest absolute Gasteiger partial charge is 0.487 e. The van der Waals surface area contributed by atoms with Gasteiger partial charge in [-0.1, -0.05) is 12.2 Å². The van der Waals surface area contributed by atoms with Crippen molar-refractivity contribution >= 4 is 55.6 Å². The van der Waals surface area contributed by atoms with Gasteiger partial charge in [0.2, 0.25) is 0 Å². The van der Waals surface area contributed by atoms with Gasteiger partial charge in [0.1, 0.15) is 12.4 Å². The van der Waals surface area contributed by atoms with Crippen LogP contribution in [-0.4, -0.2) is 28.0 Å². The molecule has 2 aromatic carbocycles. The van der Waals surface area contributed by atoms with Crippen LogP contribution in [0.4, 0.5) is 5.69 Å². The quantitative estimate of drug-likeness (QED) is 0.151. The number of carbonyl (C=O) groups is 2. The SMILES string of the molecule is O=C1[C@@H]2[C@H]3C=C[C@@H]([C@@H]4C[C@H]34)[C@H]2C(=O)N1/N=C\c1cc(Br)c(OCc2ccc([N+](=O)[O-])cc2)c(Br)c1. The lowest BCUT2D eigenvalue weighted by molar-refractivity contribution is -0.384. The molecule has 0 spiro atoms. The third-order valence-corrected chi connectivity index (χ3v) is 8.69. The van der Waals surface area contributed by atoms with Crippen LogP contribution in [-0.2, 0) is 16.2 Å². The average Bonchev–Trinajstić information content (AvgIpc) is 3.62. The van der Waals surface area contributed by atoms with Crippen LogP contribution in [0.5, 0.6) is 5.75 Å². The highest BCUT2D eigenvalue weighted by molar-refractivity contribution is 9.11. The second kappa shape index (κ2) is 8.37. The number of imide groups is 1. The molecule has 8 nitrogen and oxygen atoms in total. The van der Waals surface area contributed by atoms with E-state index < -0.39 is 4.92 Å². The number of nitro benzene ring substituents is 1. The zero-order chi connectivity index (χ0) is 24.4. The third-order valence-electron chi connectivity index (χ3n) is 7.51. The fourth-order valence-electron chi connectivity index (χ4n) is 5.84. The summed E-state index contributed by atoms with van der Waals surface area (Å²) >= 11 is 7.01. The summed E-state index contributed by atoms with van der Waals surface area (Å²) in [6.45, 7) is 0.223. The van der Waals surface area contributed by atoms with Gasteiger partial charge in [-0.3, -0.25) is 19.7 Å². The Morgan fingerprint density at radius 2 is 1.60 bits per heavy atom. The number of nitrogens with zero attached hydrogens (tertiary/aromatic N) is 3. The van der Waals surface area contributed by atoms with E-state index in [0.717, 1.165) is 17.0 Å². The lowest BCUT2D eigenvalue weighted by atomic mass is 9.63. The van der Waals surface area contributed by atoms with Gasteiger partial charge >= 0.3 is 0 Å². The topological polar surface area (TPSA) is 102 Å². The molecular weight excluding hydrogens is 582 g/mol. The molecule has 178 valence electrons. The number of halogens is 2. The van der Waals surface area contributed by atoms with Gasteiger partial charge in [0.05, 0.1) is 31.9 Å². The number of non-ortho nitro benzene ring substituents is 1. The first-order valence-electron chi connectivity index (χ1n) is 11.3. The van der Waals surface area contributed by atoms with Crippen LogP contribution in [0.15, 0.2) is 62.6 Å². The van der Waals surface area contributed by atoms with Gasteiger partial charge in [-0.2, -0.15) is 10.1 Å². The Bertz CT molecular complexity index is 1270. The van der Waals surface area contributed by atoms with Crippen LogP contribution < -0.4 is 4.74 Å². The van der Waals surface area contributed by atoms with E-state index in [0.29, 0.717) is 32.1 Å². The summed E-state index contributed by atoms with van der Waals surface area (Å²) in [5, 5.41) is 16.2. The second-order valence-corrected chi connectivity index (χ2v) is 11.1. The maximum absolute atomic E-state index is 13.1. The molecule has 10 heteroatoms. The number of carbonyl (C=O) groups excluding carboxylic acids is 2. The fraction of sp³-hybridized carbons (Fsp3) is 0.320. The molecule has 2 amide bonds. The predicted molar refractivity (Wildman–Crippen MR) is 133 cm³/mol. The molecule has 0 unspecified atom stereocenters. The first kappa shape index (κ1) is 22.6. The Balaban J connectivity index is 1.16. The molecule has 2 bridgehead atoms. The Labute approximate surface area is 217 Å². The maximum atomic E-state index is 13.1. The highest BCUT2D eigenvalue weighted by Crippen LogP contribution is 2.65. The van der Waals surface area contributed by atoms with E-state index >= 15 is 0 Å². The molecule has 0 radical (unpaired) electrons. The summed E-state index contributed by atoms with van der Waals surface area (Å²) in [4.78, 5) is 36.5. The second-order valence-electron chi connectivity index (χ2n) is 9.41. The number of benzene rings is 2. The highest BCUT2D eigenvalue weighted by Gasteiger charge is 2.67. The van der Waals surface area contributed by atoms with Gasteiger partial charge in [0.25, 0.3) is 17.5 Å². The molecular formula is C25H19Br2N3O5. The number of ether oxygens (including phenoxy) is 1. The Morgan fingerprint density at radius 3 is 2.14 bits per heavy atom. The number of hydrogen-bond donors (Lipinski definition) is 0. The maximum Gasteiger partial charge on any atom is 0.269 e. The molecule has 0 N–H and O–H groups in total. The standard InChI is InChI=1S/C25H19Br2N3O5/c26-19-7-13(8-20(27)23(19)35-11-12-1-3-14(4-2-12)30(33)34)10-28-29-24(31)21-15-5-6-16(18-9-17(15)18)22(21)25(29)32/h1-8,10,15-18,21-22H,9,11H2/b28-10-/t15-,16-,17-,18+,21+,22+/m0/s1. The number of nitro groups is 1. The highest BCUT2D eigenvalue weighted by atomic mass is 79.9. The van der Waals surface area contributed by atoms with Crippen molar-refractivity contribution in [3.05, 3.63) is 78.7 Å². The van der Waals surface area contributed by atoms with Crippen molar-refractivity contribution < 1.29 is 19.2 Å². The summed E-state index contributed by atoms with van der Waals surface area (Å²) in [7, 11) is 0. The lowest BCUT2D eigenvalue weighted by Crippen LogP contribution is -2.40. The minimum absolute atomic E-state index is 0.0229. The van der Waals surface area contributed by atoms with Gasteiger partial charge in [-0.25, -0.2) is 0 Å². The number of hydrogen-bond acceptors (Lipinski definition) is 6. The molecule has 5 aliphatic rings. The van der Waals surface area contributed by atoms with E-state index in [4.69, 9.17) is 4.74 Å². The summed E-state index contributed by atoms with van der Waals surface area (Å²) in [6, 6.07) is 9.74. The van der Waals surface area contributed by atoms with Crippen LogP contribution in [0.3, 0.4) is 0 Å². The van der Waals surface area contributed by atoms with E-state index in [9.17, 15) is 19.7 Å². The van der Waals surface area contributed by atoms with Crippen LogP contribution >= 0.6 is 31.9 Å². The number of amides is 2. The first-order valence-corrected chi connectivity index (χ1v) is 12.9. The van der Waals surface area contributed by atoms with Crippen LogP contribution in [0.25, 0.3) is 0 Å². The molecule has 0 aromatic heterocycles. The van der Waals surface area contributed by atoms with Crippen molar-refractivity contribution in [3.63, 3.8) is 0 Å². The molecule has 7 rings (SSSR count). The normalized spacial score (nSPS) is 30.1. The summed E-state index contributed by atoms with van der Waals surface area (Å²) < 4.78 is 7.21. The summed E-state index contributed by atoms with van der Waals surface area (Å²) in [5.41, 5.74) is 1.49. The molecule has 2 saturated carbocycles. The smallest absolute Gasteiger partial charge is 0.269 e. The minimum atomic E-state index is -0.446. The molecule has 2 aromatic rings. The number of hydrazone groups is 1. The Hall–Kier alpha value is -2.85. The van der Waals surface area contributed by atoms with Crippen molar-refractivity contribution in [1.29, 1.82) is 0 Å². The predicted octanol–water partition coefficient (Wildman–Crippen LogP) is 5.09. The van der Waals surface area contributed by atoms with Crippen molar-refractivity contribution in [1.82, 2.24) is 5.01 Å². The zero-order valence-corrected chi connectivity index (χ0v) is 21.4. The number of rotatable bonds is 6. The van der Waals surface area contributed by atoms with E-state index in [-0.39, 0.29) is 47.8 Å². The molecule has 4 aliphatic carbocycles. The van der Waals surface area contributed by atoms with Crippen molar-refractivity contribution in [2.75, 3.05) is 0 Å². The monoisotopic (exact) mass is 599 g/mol. The van der Waals surface area contributed by atoms with E-state index in [1.165, 1.54) is 18.3 Å². The molecule has 3 fully saturated rings. The molecule has 1 saturated heterocycles. The molecule has 6 atom stereocenters. The van der Waals surface area contributed by atoms with Crippen LogP contribution in [0, 0.1) is 45.6 Å². The lowest BCUT2D eigenvalue weighted by Gasteiger charge is -2.37. The Kier molecular flexibility index (Phi) is 5.41. The molecule has 1 heterocycles. The van der Waals surface area contributed by atoms with Crippen molar-refractivity contribution in [2.45, 2.75) is 13.0 Å². The van der Waals surface area contributed by atoms with E-state index in [1.807, 2.05) is 0 Å². The third kappa shape index (κ3) is 3.74. The van der Waals surface area contributed by atoms with Crippen LogP contribution in [0.1, 0.15) is 17.5 Å². The van der Waals surface area contributed by atoms with Gasteiger partial charge in [0.15, 0.2) is 0 Å². The van der Waals surface area contributed by atoms with Gasteiger partial charge in [0, 0.05) is 12.1 Å². The fourth-order valence-corrected chi connectivity index (χ4v) is 7.29. The van der Waals surface area contributed by atoms with Crippen LogP contribution in [0.2, 0.25) is 0 Å². The minimum Gasteiger partial charge on any atom is -0.487 e. The summed E-state index contributed by atoms with van der Waals surface area (Å²) in [6.07, 6.45) is 6.92. The van der Waals surface area contributed by atoms with E-state index in [2.05, 4.69) is 49.1 Å². The first-order chi connectivity index (χ1) is 16.8. The summed E-state index contributed by atoms with van der Waals surface area (Å²) in [5.74, 6) is 1.07.